The van der Waals surface area contributed by atoms with Gasteiger partial charge in [-0.2, -0.15) is 0 Å². The molecule has 0 aliphatic heterocycles. The maximum Gasteiger partial charge on any atom is 0.181 e. The van der Waals surface area contributed by atoms with Gasteiger partial charge in [-0.3, -0.25) is 0 Å². The Kier molecular flexibility index (Phi) is 5.01. The quantitative estimate of drug-likeness (QED) is 0.887. The smallest absolute Gasteiger partial charge is 0.181 e. The molecule has 0 bridgehead atoms. The first-order valence-corrected chi connectivity index (χ1v) is 8.60. The van der Waals surface area contributed by atoms with E-state index >= 15 is 0 Å². The van der Waals surface area contributed by atoms with Crippen molar-refractivity contribution in [1.29, 1.82) is 0 Å². The Balaban J connectivity index is 2.41. The summed E-state index contributed by atoms with van der Waals surface area (Å²) in [6.07, 6.45) is 0. The Morgan fingerprint density at radius 1 is 1.05 bits per heavy atom. The van der Waals surface area contributed by atoms with Crippen molar-refractivity contribution in [3.8, 4) is 0 Å². The molecule has 0 aliphatic rings. The van der Waals surface area contributed by atoms with Crippen LogP contribution in [0.1, 0.15) is 11.1 Å². The van der Waals surface area contributed by atoms with E-state index in [1.54, 1.807) is 48.5 Å². The fourth-order valence-electron chi connectivity index (χ4n) is 2.34. The van der Waals surface area contributed by atoms with Gasteiger partial charge in [0, 0.05) is 7.11 Å². The van der Waals surface area contributed by atoms with Gasteiger partial charge in [-0.25, -0.2) is 8.42 Å². The van der Waals surface area contributed by atoms with Crippen molar-refractivity contribution in [2.75, 3.05) is 19.5 Å². The van der Waals surface area contributed by atoms with Crippen molar-refractivity contribution in [3.05, 3.63) is 65.7 Å². The van der Waals surface area contributed by atoms with Gasteiger partial charge in [-0.05, 0) is 24.6 Å². The summed E-state index contributed by atoms with van der Waals surface area (Å²) < 4.78 is 30.7. The Morgan fingerprint density at radius 2 is 1.64 bits per heavy atom. The van der Waals surface area contributed by atoms with E-state index in [0.717, 1.165) is 5.56 Å². The molecule has 1 atom stereocenters. The van der Waals surface area contributed by atoms with Crippen LogP contribution in [0.4, 0.5) is 0 Å². The summed E-state index contributed by atoms with van der Waals surface area (Å²) in [5, 5.41) is 9.79. The molecule has 4 nitrogen and oxygen atoms in total. The van der Waals surface area contributed by atoms with E-state index in [2.05, 4.69) is 0 Å². The highest BCUT2D eigenvalue weighted by Gasteiger charge is 2.37. The van der Waals surface area contributed by atoms with Crippen LogP contribution in [0.25, 0.3) is 0 Å². The lowest BCUT2D eigenvalue weighted by molar-refractivity contribution is -0.0393. The third kappa shape index (κ3) is 3.38. The molecular weight excluding hydrogens is 300 g/mol. The zero-order chi connectivity index (χ0) is 16.2. The maximum absolute atomic E-state index is 12.7. The Morgan fingerprint density at radius 3 is 2.14 bits per heavy atom. The van der Waals surface area contributed by atoms with E-state index in [-0.39, 0.29) is 10.6 Å². The first kappa shape index (κ1) is 16.7. The minimum absolute atomic E-state index is 0.226. The summed E-state index contributed by atoms with van der Waals surface area (Å²) in [5.74, 6) is -0.319. The zero-order valence-electron chi connectivity index (χ0n) is 12.7. The second kappa shape index (κ2) is 6.60. The highest BCUT2D eigenvalue weighted by Crippen LogP contribution is 2.29. The van der Waals surface area contributed by atoms with Gasteiger partial charge >= 0.3 is 0 Å². The van der Waals surface area contributed by atoms with Crippen LogP contribution < -0.4 is 0 Å². The van der Waals surface area contributed by atoms with E-state index in [0.29, 0.717) is 5.56 Å². The van der Waals surface area contributed by atoms with Crippen molar-refractivity contribution in [1.82, 2.24) is 0 Å². The van der Waals surface area contributed by atoms with Crippen LogP contribution in [0.5, 0.6) is 0 Å². The number of methoxy groups -OCH3 is 1. The van der Waals surface area contributed by atoms with Crippen LogP contribution in [0.15, 0.2) is 59.5 Å². The number of aliphatic hydroxyl groups is 1. The molecule has 1 unspecified atom stereocenters. The minimum atomic E-state index is -3.59. The van der Waals surface area contributed by atoms with Gasteiger partial charge in [0.2, 0.25) is 0 Å². The van der Waals surface area contributed by atoms with Crippen molar-refractivity contribution < 1.29 is 18.3 Å². The van der Waals surface area contributed by atoms with Gasteiger partial charge in [0.1, 0.15) is 5.60 Å². The molecular formula is C17H20O4S. The summed E-state index contributed by atoms with van der Waals surface area (Å²) in [4.78, 5) is 0.226. The minimum Gasteiger partial charge on any atom is -0.393 e. The van der Waals surface area contributed by atoms with Gasteiger partial charge in [-0.1, -0.05) is 48.0 Å². The molecule has 0 saturated heterocycles. The molecule has 22 heavy (non-hydrogen) atoms. The Labute approximate surface area is 131 Å². The summed E-state index contributed by atoms with van der Waals surface area (Å²) in [7, 11) is -2.18. The number of hydrogen-bond acceptors (Lipinski definition) is 4. The molecule has 118 valence electrons. The summed E-state index contributed by atoms with van der Waals surface area (Å²) in [6.45, 7) is 1.48. The standard InChI is InChI=1S/C17H20O4S/c1-14-8-10-16(11-9-14)22(19,20)13-17(12-18,21-2)15-6-4-3-5-7-15/h3-11,18H,12-13H2,1-2H3. The van der Waals surface area contributed by atoms with Crippen molar-refractivity contribution >= 4 is 9.84 Å². The fourth-order valence-corrected chi connectivity index (χ4v) is 4.05. The maximum atomic E-state index is 12.7. The number of hydrogen-bond donors (Lipinski definition) is 1. The second-order valence-corrected chi connectivity index (χ2v) is 7.28. The van der Waals surface area contributed by atoms with Crippen LogP contribution in [0.2, 0.25) is 0 Å². The van der Waals surface area contributed by atoms with E-state index < -0.39 is 22.0 Å². The Hall–Kier alpha value is -1.69. The van der Waals surface area contributed by atoms with E-state index in [4.69, 9.17) is 4.74 Å². The van der Waals surface area contributed by atoms with E-state index in [1.807, 2.05) is 13.0 Å². The second-order valence-electron chi connectivity index (χ2n) is 5.29. The lowest BCUT2D eigenvalue weighted by Crippen LogP contribution is -2.40. The lowest BCUT2D eigenvalue weighted by Gasteiger charge is -2.30. The van der Waals surface area contributed by atoms with E-state index in [9.17, 15) is 13.5 Å². The highest BCUT2D eigenvalue weighted by atomic mass is 32.2. The fraction of sp³-hybridized carbons (Fsp3) is 0.294. The largest absolute Gasteiger partial charge is 0.393 e. The molecule has 1 N–H and O–H groups in total. The predicted molar refractivity (Wildman–Crippen MR) is 85.4 cm³/mol. The first-order chi connectivity index (χ1) is 10.4. The molecule has 0 aliphatic carbocycles. The molecule has 2 aromatic carbocycles. The topological polar surface area (TPSA) is 63.6 Å². The first-order valence-electron chi connectivity index (χ1n) is 6.94. The van der Waals surface area contributed by atoms with Crippen LogP contribution in [0, 0.1) is 6.92 Å². The molecule has 2 aromatic rings. The number of aryl methyl sites for hydroxylation is 1. The average molecular weight is 320 g/mol. The summed E-state index contributed by atoms with van der Waals surface area (Å²) in [5.41, 5.74) is 0.350. The number of sulfone groups is 1. The van der Waals surface area contributed by atoms with Crippen molar-refractivity contribution in [3.63, 3.8) is 0 Å². The normalized spacial score (nSPS) is 14.5. The summed E-state index contributed by atoms with van der Waals surface area (Å²) >= 11 is 0. The van der Waals surface area contributed by atoms with Crippen LogP contribution >= 0.6 is 0 Å². The van der Waals surface area contributed by atoms with Gasteiger partial charge < -0.3 is 9.84 Å². The molecule has 5 heteroatoms. The molecule has 0 fully saturated rings. The third-order valence-corrected chi connectivity index (χ3v) is 5.59. The van der Waals surface area contributed by atoms with Gasteiger partial charge in [0.25, 0.3) is 0 Å². The number of ether oxygens (including phenoxy) is 1. The molecule has 0 spiro atoms. The molecule has 0 aromatic heterocycles. The number of benzene rings is 2. The molecule has 2 rings (SSSR count). The molecule has 0 amide bonds. The molecule has 0 radical (unpaired) electrons. The number of rotatable bonds is 6. The van der Waals surface area contributed by atoms with Crippen LogP contribution in [-0.2, 0) is 20.2 Å². The number of aliphatic hydroxyl groups excluding tert-OH is 1. The molecule has 0 heterocycles. The lowest BCUT2D eigenvalue weighted by atomic mass is 9.97. The van der Waals surface area contributed by atoms with Crippen LogP contribution in [0.3, 0.4) is 0 Å². The van der Waals surface area contributed by atoms with Crippen molar-refractivity contribution in [2.45, 2.75) is 17.4 Å². The SMILES string of the molecule is COC(CO)(CS(=O)(=O)c1ccc(C)cc1)c1ccccc1. The van der Waals surface area contributed by atoms with Gasteiger partial charge in [0.05, 0.1) is 17.3 Å². The summed E-state index contributed by atoms with van der Waals surface area (Å²) in [6, 6.07) is 15.6. The Bertz CT molecular complexity index is 702. The predicted octanol–water partition coefficient (Wildman–Crippen LogP) is 2.30. The van der Waals surface area contributed by atoms with Crippen LogP contribution in [-0.4, -0.2) is 33.0 Å². The van der Waals surface area contributed by atoms with Gasteiger partial charge in [0.15, 0.2) is 9.84 Å². The third-order valence-electron chi connectivity index (χ3n) is 3.75. The molecule has 0 saturated carbocycles. The van der Waals surface area contributed by atoms with Crippen molar-refractivity contribution in [2.24, 2.45) is 0 Å². The zero-order valence-corrected chi connectivity index (χ0v) is 13.5. The van der Waals surface area contributed by atoms with Gasteiger partial charge in [-0.15, -0.1) is 0 Å². The van der Waals surface area contributed by atoms with E-state index in [1.165, 1.54) is 7.11 Å². The average Bonchev–Trinajstić information content (AvgIpc) is 2.54. The monoisotopic (exact) mass is 320 g/mol. The highest BCUT2D eigenvalue weighted by molar-refractivity contribution is 7.91.